The molecule has 0 spiro atoms. The first-order chi connectivity index (χ1) is 9.58. The molecule has 114 valence electrons. The zero-order chi connectivity index (χ0) is 15.0. The van der Waals surface area contributed by atoms with Gasteiger partial charge in [0.25, 0.3) is 0 Å². The molecule has 1 atom stereocenters. The Kier molecular flexibility index (Phi) is 8.00. The number of nitrogens with zero attached hydrogens (tertiary/aromatic N) is 2. The molecular formula is C16H29N3S. The van der Waals surface area contributed by atoms with Crippen molar-refractivity contribution >= 4 is 17.6 Å². The summed E-state index contributed by atoms with van der Waals surface area (Å²) in [4.78, 5) is 6.83. The molecule has 0 fully saturated rings. The summed E-state index contributed by atoms with van der Waals surface area (Å²) in [6.45, 7) is 8.67. The van der Waals surface area contributed by atoms with Gasteiger partial charge in [0.2, 0.25) is 0 Å². The van der Waals surface area contributed by atoms with Crippen LogP contribution in [0.5, 0.6) is 0 Å². The van der Waals surface area contributed by atoms with Gasteiger partial charge in [-0.1, -0.05) is 20.8 Å². The number of rotatable bonds is 9. The molecule has 20 heavy (non-hydrogen) atoms. The molecule has 0 bridgehead atoms. The summed E-state index contributed by atoms with van der Waals surface area (Å²) >= 11 is 1.90. The van der Waals surface area contributed by atoms with Crippen LogP contribution in [-0.4, -0.2) is 36.6 Å². The maximum atomic E-state index is 4.52. The van der Waals surface area contributed by atoms with E-state index in [2.05, 4.69) is 61.4 Å². The average Bonchev–Trinajstić information content (AvgIpc) is 2.44. The lowest BCUT2D eigenvalue weighted by molar-refractivity contribution is 0.552. The van der Waals surface area contributed by atoms with Gasteiger partial charge in [-0.2, -0.15) is 11.8 Å². The van der Waals surface area contributed by atoms with Crippen LogP contribution in [0.1, 0.15) is 32.8 Å². The molecule has 1 unspecified atom stereocenters. The highest BCUT2D eigenvalue weighted by Gasteiger charge is 2.14. The monoisotopic (exact) mass is 295 g/mol. The van der Waals surface area contributed by atoms with E-state index in [1.165, 1.54) is 5.56 Å². The van der Waals surface area contributed by atoms with Gasteiger partial charge < -0.3 is 10.2 Å². The number of anilines is 1. The van der Waals surface area contributed by atoms with E-state index in [0.717, 1.165) is 31.1 Å². The number of aromatic nitrogens is 1. The van der Waals surface area contributed by atoms with Crippen LogP contribution in [0, 0.1) is 5.92 Å². The first kappa shape index (κ1) is 17.3. The number of hydrogen-bond acceptors (Lipinski definition) is 4. The molecular weight excluding hydrogens is 266 g/mol. The van der Waals surface area contributed by atoms with Crippen LogP contribution in [-0.2, 0) is 6.54 Å². The Balaban J connectivity index is 2.66. The summed E-state index contributed by atoms with van der Waals surface area (Å²) in [6, 6.07) is 4.85. The smallest absolute Gasteiger partial charge is 0.128 e. The predicted molar refractivity (Wildman–Crippen MR) is 91.6 cm³/mol. The molecule has 1 aromatic rings. The normalized spacial score (nSPS) is 12.7. The zero-order valence-corrected chi connectivity index (χ0v) is 14.3. The van der Waals surface area contributed by atoms with E-state index < -0.39 is 0 Å². The standard InChI is InChI=1S/C16H29N3S/c1-6-15(12-20-5)19(4)16-9-14(7-8-18-16)11-17-10-13(2)3/h7-9,13,15,17H,6,10-12H2,1-5H3. The van der Waals surface area contributed by atoms with Crippen LogP contribution in [0.3, 0.4) is 0 Å². The molecule has 0 radical (unpaired) electrons. The quantitative estimate of drug-likeness (QED) is 0.756. The molecule has 1 aromatic heterocycles. The van der Waals surface area contributed by atoms with Crippen LogP contribution in [0.4, 0.5) is 5.82 Å². The number of pyridine rings is 1. The Hall–Kier alpha value is -0.740. The highest BCUT2D eigenvalue weighted by molar-refractivity contribution is 7.98. The van der Waals surface area contributed by atoms with Gasteiger partial charge in [-0.05, 0) is 42.8 Å². The van der Waals surface area contributed by atoms with Crippen LogP contribution < -0.4 is 10.2 Å². The van der Waals surface area contributed by atoms with Gasteiger partial charge >= 0.3 is 0 Å². The highest BCUT2D eigenvalue weighted by atomic mass is 32.2. The fraction of sp³-hybridized carbons (Fsp3) is 0.688. The number of nitrogens with one attached hydrogen (secondary N) is 1. The lowest BCUT2D eigenvalue weighted by Crippen LogP contribution is -2.33. The molecule has 0 aromatic carbocycles. The lowest BCUT2D eigenvalue weighted by Gasteiger charge is -2.28. The molecule has 0 saturated heterocycles. The van der Waals surface area contributed by atoms with Crippen molar-refractivity contribution in [2.75, 3.05) is 30.5 Å². The van der Waals surface area contributed by atoms with Gasteiger partial charge in [0.1, 0.15) is 5.82 Å². The second-order valence-electron chi connectivity index (χ2n) is 5.68. The Morgan fingerprint density at radius 3 is 2.75 bits per heavy atom. The molecule has 1 N–H and O–H groups in total. The molecule has 0 aliphatic heterocycles. The summed E-state index contributed by atoms with van der Waals surface area (Å²) in [7, 11) is 2.15. The first-order valence-corrected chi connectivity index (χ1v) is 8.85. The van der Waals surface area contributed by atoms with Crippen LogP contribution in [0.15, 0.2) is 18.3 Å². The third kappa shape index (κ3) is 5.71. The van der Waals surface area contributed by atoms with Crippen molar-refractivity contribution in [2.45, 2.75) is 39.8 Å². The fourth-order valence-corrected chi connectivity index (χ4v) is 3.00. The Morgan fingerprint density at radius 1 is 1.40 bits per heavy atom. The predicted octanol–water partition coefficient (Wildman–Crippen LogP) is 3.41. The van der Waals surface area contributed by atoms with Crippen LogP contribution >= 0.6 is 11.8 Å². The summed E-state index contributed by atoms with van der Waals surface area (Å²) < 4.78 is 0. The van der Waals surface area contributed by atoms with Crippen LogP contribution in [0.25, 0.3) is 0 Å². The van der Waals surface area contributed by atoms with E-state index in [-0.39, 0.29) is 0 Å². The Bertz CT molecular complexity index is 382. The Morgan fingerprint density at radius 2 is 2.15 bits per heavy atom. The summed E-state index contributed by atoms with van der Waals surface area (Å²) in [6.07, 6.45) is 5.23. The fourth-order valence-electron chi connectivity index (χ4n) is 2.15. The Labute approximate surface area is 128 Å². The molecule has 0 saturated carbocycles. The third-order valence-electron chi connectivity index (χ3n) is 3.43. The van der Waals surface area contributed by atoms with E-state index in [0.29, 0.717) is 12.0 Å². The zero-order valence-electron chi connectivity index (χ0n) is 13.5. The molecule has 0 amide bonds. The van der Waals surface area contributed by atoms with Gasteiger partial charge in [0.05, 0.1) is 0 Å². The van der Waals surface area contributed by atoms with Crippen molar-refractivity contribution in [3.8, 4) is 0 Å². The van der Waals surface area contributed by atoms with Gasteiger partial charge in [-0.3, -0.25) is 0 Å². The van der Waals surface area contributed by atoms with E-state index in [1.54, 1.807) is 0 Å². The first-order valence-electron chi connectivity index (χ1n) is 7.45. The number of thioether (sulfide) groups is 1. The van der Waals surface area contributed by atoms with Crippen LogP contribution in [0.2, 0.25) is 0 Å². The minimum atomic E-state index is 0.552. The van der Waals surface area contributed by atoms with Gasteiger partial charge in [-0.25, -0.2) is 4.98 Å². The lowest BCUT2D eigenvalue weighted by atomic mass is 10.2. The number of hydrogen-bond donors (Lipinski definition) is 1. The summed E-state index contributed by atoms with van der Waals surface area (Å²) in [5, 5.41) is 3.49. The van der Waals surface area contributed by atoms with Crippen molar-refractivity contribution in [3.05, 3.63) is 23.9 Å². The van der Waals surface area contributed by atoms with Gasteiger partial charge in [0, 0.05) is 31.6 Å². The molecule has 1 heterocycles. The SMILES string of the molecule is CCC(CSC)N(C)c1cc(CNCC(C)C)ccn1. The van der Waals surface area contributed by atoms with E-state index in [1.807, 2.05) is 18.0 Å². The summed E-state index contributed by atoms with van der Waals surface area (Å²) in [5.41, 5.74) is 1.31. The van der Waals surface area contributed by atoms with E-state index in [4.69, 9.17) is 0 Å². The second-order valence-corrected chi connectivity index (χ2v) is 6.59. The molecule has 4 heteroatoms. The molecule has 1 rings (SSSR count). The second kappa shape index (κ2) is 9.24. The van der Waals surface area contributed by atoms with E-state index >= 15 is 0 Å². The van der Waals surface area contributed by atoms with Crippen molar-refractivity contribution in [3.63, 3.8) is 0 Å². The molecule has 0 aliphatic rings. The largest absolute Gasteiger partial charge is 0.356 e. The van der Waals surface area contributed by atoms with Crippen molar-refractivity contribution in [1.82, 2.24) is 10.3 Å². The van der Waals surface area contributed by atoms with Crippen molar-refractivity contribution < 1.29 is 0 Å². The highest BCUT2D eigenvalue weighted by Crippen LogP contribution is 2.17. The molecule has 3 nitrogen and oxygen atoms in total. The van der Waals surface area contributed by atoms with E-state index in [9.17, 15) is 0 Å². The maximum absolute atomic E-state index is 4.52. The van der Waals surface area contributed by atoms with Crippen molar-refractivity contribution in [2.24, 2.45) is 5.92 Å². The van der Waals surface area contributed by atoms with Crippen molar-refractivity contribution in [1.29, 1.82) is 0 Å². The molecule has 0 aliphatic carbocycles. The summed E-state index contributed by atoms with van der Waals surface area (Å²) in [5.74, 6) is 2.91. The maximum Gasteiger partial charge on any atom is 0.128 e. The van der Waals surface area contributed by atoms with Gasteiger partial charge in [-0.15, -0.1) is 0 Å². The minimum absolute atomic E-state index is 0.552. The minimum Gasteiger partial charge on any atom is -0.356 e. The average molecular weight is 295 g/mol. The third-order valence-corrected chi connectivity index (χ3v) is 4.15. The van der Waals surface area contributed by atoms with Gasteiger partial charge in [0.15, 0.2) is 0 Å². The topological polar surface area (TPSA) is 28.2 Å².